The van der Waals surface area contributed by atoms with E-state index in [4.69, 9.17) is 0 Å². The minimum Gasteiger partial charge on any atom is -0.333 e. The van der Waals surface area contributed by atoms with Crippen molar-refractivity contribution in [1.29, 1.82) is 0 Å². The summed E-state index contributed by atoms with van der Waals surface area (Å²) in [7, 11) is 0. The van der Waals surface area contributed by atoms with Crippen LogP contribution in [0.4, 0.5) is 4.79 Å². The Morgan fingerprint density at radius 2 is 1.75 bits per heavy atom. The summed E-state index contributed by atoms with van der Waals surface area (Å²) >= 11 is 1.25. The van der Waals surface area contributed by atoms with E-state index in [-0.39, 0.29) is 5.75 Å². The predicted octanol–water partition coefficient (Wildman–Crippen LogP) is 4.19. The Bertz CT molecular complexity index is 1100. The summed E-state index contributed by atoms with van der Waals surface area (Å²) < 4.78 is 1.99. The molecule has 168 valence electrons. The number of hydrogen-bond donors (Lipinski definition) is 2. The second-order valence-electron chi connectivity index (χ2n) is 8.73. The monoisotopic (exact) mass is 451 g/mol. The largest absolute Gasteiger partial charge is 0.333 e. The second-order valence-corrected chi connectivity index (χ2v) is 9.67. The first-order valence-corrected chi connectivity index (χ1v) is 11.4. The van der Waals surface area contributed by atoms with Gasteiger partial charge in [0.15, 0.2) is 5.16 Å². The van der Waals surface area contributed by atoms with Crippen molar-refractivity contribution in [3.8, 4) is 5.69 Å². The highest BCUT2D eigenvalue weighted by Crippen LogP contribution is 2.26. The van der Waals surface area contributed by atoms with E-state index in [1.165, 1.54) is 17.3 Å². The number of nitrogens with zero attached hydrogens (tertiary/aromatic N) is 3. The maximum absolute atomic E-state index is 12.3. The predicted molar refractivity (Wildman–Crippen MR) is 127 cm³/mol. The third kappa shape index (κ3) is 6.43. The van der Waals surface area contributed by atoms with E-state index in [0.29, 0.717) is 11.6 Å². The highest BCUT2D eigenvalue weighted by molar-refractivity contribution is 7.99. The fourth-order valence-corrected chi connectivity index (χ4v) is 4.01. The van der Waals surface area contributed by atoms with Gasteiger partial charge in [-0.2, -0.15) is 0 Å². The van der Waals surface area contributed by atoms with Crippen molar-refractivity contribution >= 4 is 23.7 Å². The normalized spacial score (nSPS) is 11.3. The average Bonchev–Trinajstić information content (AvgIpc) is 3.08. The lowest BCUT2D eigenvalue weighted by Crippen LogP contribution is -2.48. The molecular formula is C24H29N5O2S. The quantitative estimate of drug-likeness (QED) is 0.549. The number of nitrogens with one attached hydrogen (secondary N) is 2. The number of aryl methyl sites for hydroxylation is 2. The number of benzene rings is 2. The molecule has 0 bridgehead atoms. The van der Waals surface area contributed by atoms with Crippen molar-refractivity contribution in [3.63, 3.8) is 0 Å². The molecule has 1 heterocycles. The molecule has 0 atom stereocenters. The van der Waals surface area contributed by atoms with Crippen molar-refractivity contribution in [1.82, 2.24) is 25.4 Å². The van der Waals surface area contributed by atoms with Crippen LogP contribution in [0.15, 0.2) is 53.7 Å². The van der Waals surface area contributed by atoms with Gasteiger partial charge in [-0.15, -0.1) is 10.2 Å². The molecule has 2 N–H and O–H groups in total. The molecule has 0 saturated carbocycles. The Morgan fingerprint density at radius 3 is 2.41 bits per heavy atom. The molecular weight excluding hydrogens is 422 g/mol. The fourth-order valence-electron chi connectivity index (χ4n) is 3.25. The van der Waals surface area contributed by atoms with E-state index < -0.39 is 17.5 Å². The maximum atomic E-state index is 12.3. The molecule has 0 aliphatic rings. The Balaban J connectivity index is 1.82. The minimum atomic E-state index is -0.510. The van der Waals surface area contributed by atoms with Crippen LogP contribution in [0.2, 0.25) is 0 Å². The number of imide groups is 1. The molecule has 0 spiro atoms. The molecule has 32 heavy (non-hydrogen) atoms. The Labute approximate surface area is 193 Å². The Morgan fingerprint density at radius 1 is 1.03 bits per heavy atom. The highest BCUT2D eigenvalue weighted by atomic mass is 32.2. The third-order valence-corrected chi connectivity index (χ3v) is 5.50. The van der Waals surface area contributed by atoms with E-state index in [2.05, 4.69) is 46.0 Å². The topological polar surface area (TPSA) is 88.9 Å². The van der Waals surface area contributed by atoms with Gasteiger partial charge in [-0.05, 0) is 51.8 Å². The van der Waals surface area contributed by atoms with E-state index >= 15 is 0 Å². The molecule has 8 heteroatoms. The van der Waals surface area contributed by atoms with Crippen LogP contribution < -0.4 is 10.6 Å². The zero-order valence-corrected chi connectivity index (χ0v) is 19.9. The van der Waals surface area contributed by atoms with Gasteiger partial charge in [0, 0.05) is 12.0 Å². The first-order valence-electron chi connectivity index (χ1n) is 10.4. The zero-order chi connectivity index (χ0) is 23.3. The van der Waals surface area contributed by atoms with E-state index in [1.54, 1.807) is 0 Å². The summed E-state index contributed by atoms with van der Waals surface area (Å²) in [6.45, 7) is 9.66. The standard InChI is InChI=1S/C24H29N5O2S/c1-16-11-12-19(17(2)13-16)29-20(14-18-9-7-6-8-10-18)27-28-23(29)32-15-21(30)25-22(31)26-24(3,4)5/h6-13H,14-15H2,1-5H3,(H2,25,26,30,31). The van der Waals surface area contributed by atoms with Gasteiger partial charge in [-0.1, -0.05) is 59.8 Å². The lowest BCUT2D eigenvalue weighted by Gasteiger charge is -2.20. The minimum absolute atomic E-state index is 0.0476. The smallest absolute Gasteiger partial charge is 0.321 e. The average molecular weight is 452 g/mol. The first-order chi connectivity index (χ1) is 15.1. The number of aromatic nitrogens is 3. The van der Waals surface area contributed by atoms with Gasteiger partial charge in [0.2, 0.25) is 5.91 Å². The molecule has 0 aliphatic heterocycles. The molecule has 7 nitrogen and oxygen atoms in total. The van der Waals surface area contributed by atoms with Gasteiger partial charge >= 0.3 is 6.03 Å². The van der Waals surface area contributed by atoms with Gasteiger partial charge < -0.3 is 5.32 Å². The Kier molecular flexibility index (Phi) is 7.35. The number of urea groups is 1. The van der Waals surface area contributed by atoms with Crippen LogP contribution in [0.5, 0.6) is 0 Å². The molecule has 3 rings (SSSR count). The molecule has 3 aromatic rings. The van der Waals surface area contributed by atoms with Crippen LogP contribution in [-0.4, -0.2) is 38.0 Å². The summed E-state index contributed by atoms with van der Waals surface area (Å²) in [6.07, 6.45) is 0.613. The van der Waals surface area contributed by atoms with Crippen molar-refractivity contribution in [2.75, 3.05) is 5.75 Å². The molecule has 3 amide bonds. The van der Waals surface area contributed by atoms with Crippen LogP contribution in [0.3, 0.4) is 0 Å². The number of carbonyl (C=O) groups is 2. The van der Waals surface area contributed by atoms with Gasteiger partial charge in [0.25, 0.3) is 0 Å². The van der Waals surface area contributed by atoms with Gasteiger partial charge in [-0.3, -0.25) is 14.7 Å². The summed E-state index contributed by atoms with van der Waals surface area (Å²) in [5.74, 6) is 0.444. The molecule has 2 aromatic carbocycles. The number of thioether (sulfide) groups is 1. The lowest BCUT2D eigenvalue weighted by atomic mass is 10.1. The maximum Gasteiger partial charge on any atom is 0.321 e. The molecule has 0 aliphatic carbocycles. The fraction of sp³-hybridized carbons (Fsp3) is 0.333. The van der Waals surface area contributed by atoms with Gasteiger partial charge in [-0.25, -0.2) is 4.79 Å². The van der Waals surface area contributed by atoms with Crippen molar-refractivity contribution in [2.45, 2.75) is 51.7 Å². The third-order valence-electron chi connectivity index (χ3n) is 4.57. The number of rotatable bonds is 6. The summed E-state index contributed by atoms with van der Waals surface area (Å²) in [5, 5.41) is 14.5. The second kappa shape index (κ2) is 9.99. The lowest BCUT2D eigenvalue weighted by molar-refractivity contribution is -0.117. The van der Waals surface area contributed by atoms with Crippen LogP contribution >= 0.6 is 11.8 Å². The van der Waals surface area contributed by atoms with Crippen molar-refractivity contribution < 1.29 is 9.59 Å². The van der Waals surface area contributed by atoms with Crippen LogP contribution in [0.1, 0.15) is 43.3 Å². The number of carbonyl (C=O) groups excluding carboxylic acids is 2. The molecule has 0 unspecified atom stereocenters. The summed E-state index contributed by atoms with van der Waals surface area (Å²) in [5.41, 5.74) is 3.93. The van der Waals surface area contributed by atoms with Crippen molar-refractivity contribution in [2.24, 2.45) is 0 Å². The highest BCUT2D eigenvalue weighted by Gasteiger charge is 2.19. The number of amides is 3. The van der Waals surface area contributed by atoms with E-state index in [9.17, 15) is 9.59 Å². The SMILES string of the molecule is Cc1ccc(-n2c(Cc3ccccc3)nnc2SCC(=O)NC(=O)NC(C)(C)C)c(C)c1. The van der Waals surface area contributed by atoms with E-state index in [1.807, 2.05) is 62.6 Å². The van der Waals surface area contributed by atoms with Gasteiger partial charge in [0.1, 0.15) is 5.82 Å². The molecule has 1 aromatic heterocycles. The molecule has 0 radical (unpaired) electrons. The molecule has 0 fully saturated rings. The first kappa shape index (κ1) is 23.5. The van der Waals surface area contributed by atoms with Crippen molar-refractivity contribution in [3.05, 3.63) is 71.0 Å². The molecule has 0 saturated heterocycles. The van der Waals surface area contributed by atoms with Crippen LogP contribution in [0, 0.1) is 13.8 Å². The number of hydrogen-bond acceptors (Lipinski definition) is 5. The summed E-state index contributed by atoms with van der Waals surface area (Å²) in [6, 6.07) is 15.8. The van der Waals surface area contributed by atoms with Gasteiger partial charge in [0.05, 0.1) is 11.4 Å². The zero-order valence-electron chi connectivity index (χ0n) is 19.1. The van der Waals surface area contributed by atoms with Crippen LogP contribution in [-0.2, 0) is 11.2 Å². The Hall–Kier alpha value is -3.13. The summed E-state index contributed by atoms with van der Waals surface area (Å²) in [4.78, 5) is 24.3. The van der Waals surface area contributed by atoms with Crippen LogP contribution in [0.25, 0.3) is 5.69 Å². The van der Waals surface area contributed by atoms with E-state index in [0.717, 1.165) is 22.6 Å².